The van der Waals surface area contributed by atoms with Crippen LogP contribution in [-0.4, -0.2) is 28.7 Å². The van der Waals surface area contributed by atoms with Crippen LogP contribution in [0.5, 0.6) is 0 Å². The van der Waals surface area contributed by atoms with Gasteiger partial charge in [-0.2, -0.15) is 0 Å². The van der Waals surface area contributed by atoms with Crippen molar-refractivity contribution in [2.45, 2.75) is 20.0 Å². The van der Waals surface area contributed by atoms with Gasteiger partial charge in [-0.05, 0) is 31.7 Å². The topological polar surface area (TPSA) is 41.1 Å². The molecular formula is C13H17FN4S. The maximum absolute atomic E-state index is 13.1. The second-order valence-corrected chi connectivity index (χ2v) is 5.40. The van der Waals surface area contributed by atoms with E-state index in [1.165, 1.54) is 6.07 Å². The van der Waals surface area contributed by atoms with Crippen LogP contribution in [0.2, 0.25) is 0 Å². The Hall–Kier alpha value is -1.53. The van der Waals surface area contributed by atoms with E-state index in [-0.39, 0.29) is 5.82 Å². The Morgan fingerprint density at radius 3 is 2.89 bits per heavy atom. The van der Waals surface area contributed by atoms with Crippen LogP contribution in [0, 0.1) is 5.82 Å². The van der Waals surface area contributed by atoms with Crippen molar-refractivity contribution in [2.75, 3.05) is 18.9 Å². The number of anilines is 1. The Morgan fingerprint density at radius 2 is 2.16 bits per heavy atom. The maximum Gasteiger partial charge on any atom is 0.205 e. The van der Waals surface area contributed by atoms with Gasteiger partial charge in [-0.3, -0.25) is 4.90 Å². The molecule has 1 heterocycles. The molecular weight excluding hydrogens is 263 g/mol. The van der Waals surface area contributed by atoms with Crippen molar-refractivity contribution < 1.29 is 4.39 Å². The number of nitrogens with one attached hydrogen (secondary N) is 1. The number of halogens is 1. The molecule has 0 amide bonds. The van der Waals surface area contributed by atoms with Crippen LogP contribution in [0.4, 0.5) is 9.52 Å². The molecule has 0 aliphatic carbocycles. The monoisotopic (exact) mass is 280 g/mol. The van der Waals surface area contributed by atoms with Gasteiger partial charge in [-0.15, -0.1) is 10.2 Å². The standard InChI is InChI=1S/C13H17FN4S/c1-3-15-13-17-16-12(19-13)9-18(2)8-10-5-4-6-11(14)7-10/h4-7H,3,8-9H2,1-2H3,(H,15,17). The van der Waals surface area contributed by atoms with E-state index in [4.69, 9.17) is 0 Å². The normalized spacial score (nSPS) is 10.9. The van der Waals surface area contributed by atoms with E-state index in [2.05, 4.69) is 20.4 Å². The predicted molar refractivity (Wildman–Crippen MR) is 75.6 cm³/mol. The molecule has 4 nitrogen and oxygen atoms in total. The van der Waals surface area contributed by atoms with E-state index >= 15 is 0 Å². The number of hydrogen-bond donors (Lipinski definition) is 1. The van der Waals surface area contributed by atoms with Gasteiger partial charge in [0.2, 0.25) is 5.13 Å². The Balaban J connectivity index is 1.91. The van der Waals surface area contributed by atoms with Crippen molar-refractivity contribution in [2.24, 2.45) is 0 Å². The van der Waals surface area contributed by atoms with Crippen LogP contribution in [-0.2, 0) is 13.1 Å². The van der Waals surface area contributed by atoms with E-state index in [1.54, 1.807) is 23.5 Å². The summed E-state index contributed by atoms with van der Waals surface area (Å²) in [6.07, 6.45) is 0. The molecule has 0 bridgehead atoms. The van der Waals surface area contributed by atoms with E-state index in [0.29, 0.717) is 13.1 Å². The van der Waals surface area contributed by atoms with Gasteiger partial charge in [0.1, 0.15) is 10.8 Å². The van der Waals surface area contributed by atoms with Crippen molar-refractivity contribution in [3.63, 3.8) is 0 Å². The van der Waals surface area contributed by atoms with Gasteiger partial charge in [-0.25, -0.2) is 4.39 Å². The lowest BCUT2D eigenvalue weighted by molar-refractivity contribution is 0.317. The highest BCUT2D eigenvalue weighted by Gasteiger charge is 2.07. The minimum Gasteiger partial charge on any atom is -0.360 e. The van der Waals surface area contributed by atoms with E-state index < -0.39 is 0 Å². The van der Waals surface area contributed by atoms with Crippen LogP contribution in [0.15, 0.2) is 24.3 Å². The lowest BCUT2D eigenvalue weighted by Crippen LogP contribution is -2.17. The van der Waals surface area contributed by atoms with Crippen molar-refractivity contribution >= 4 is 16.5 Å². The summed E-state index contributed by atoms with van der Waals surface area (Å²) in [5.74, 6) is -0.198. The van der Waals surface area contributed by atoms with Gasteiger partial charge >= 0.3 is 0 Å². The van der Waals surface area contributed by atoms with Gasteiger partial charge in [0, 0.05) is 13.1 Å². The summed E-state index contributed by atoms with van der Waals surface area (Å²) < 4.78 is 13.1. The predicted octanol–water partition coefficient (Wildman–Crippen LogP) is 2.74. The second-order valence-electron chi connectivity index (χ2n) is 4.33. The first-order valence-electron chi connectivity index (χ1n) is 6.16. The highest BCUT2D eigenvalue weighted by molar-refractivity contribution is 7.15. The summed E-state index contributed by atoms with van der Waals surface area (Å²) in [6, 6.07) is 6.66. The number of rotatable bonds is 6. The Labute approximate surface area is 116 Å². The first kappa shape index (κ1) is 13.9. The zero-order valence-corrected chi connectivity index (χ0v) is 11.9. The molecule has 1 N–H and O–H groups in total. The van der Waals surface area contributed by atoms with E-state index in [1.807, 2.05) is 20.0 Å². The molecule has 0 unspecified atom stereocenters. The van der Waals surface area contributed by atoms with E-state index in [0.717, 1.165) is 22.2 Å². The molecule has 19 heavy (non-hydrogen) atoms. The summed E-state index contributed by atoms with van der Waals surface area (Å²) in [4.78, 5) is 2.09. The van der Waals surface area contributed by atoms with E-state index in [9.17, 15) is 4.39 Å². The smallest absolute Gasteiger partial charge is 0.205 e. The number of aromatic nitrogens is 2. The van der Waals surface area contributed by atoms with Gasteiger partial charge in [0.15, 0.2) is 0 Å². The summed E-state index contributed by atoms with van der Waals surface area (Å²) in [6.45, 7) is 4.26. The lowest BCUT2D eigenvalue weighted by atomic mass is 10.2. The van der Waals surface area contributed by atoms with Gasteiger partial charge in [-0.1, -0.05) is 23.5 Å². The quantitative estimate of drug-likeness (QED) is 0.883. The fourth-order valence-corrected chi connectivity index (χ4v) is 2.66. The summed E-state index contributed by atoms with van der Waals surface area (Å²) in [5, 5.41) is 13.1. The first-order valence-corrected chi connectivity index (χ1v) is 6.98. The van der Waals surface area contributed by atoms with Crippen LogP contribution < -0.4 is 5.32 Å². The Morgan fingerprint density at radius 1 is 1.32 bits per heavy atom. The zero-order valence-electron chi connectivity index (χ0n) is 11.1. The molecule has 0 aliphatic heterocycles. The molecule has 102 valence electrons. The molecule has 0 spiro atoms. The third kappa shape index (κ3) is 4.25. The summed E-state index contributed by atoms with van der Waals surface area (Å²) in [5.41, 5.74) is 0.957. The van der Waals surface area contributed by atoms with Gasteiger partial charge < -0.3 is 5.32 Å². The fraction of sp³-hybridized carbons (Fsp3) is 0.385. The van der Waals surface area contributed by atoms with Crippen LogP contribution in [0.3, 0.4) is 0 Å². The van der Waals surface area contributed by atoms with Gasteiger partial charge in [0.25, 0.3) is 0 Å². The highest BCUT2D eigenvalue weighted by Crippen LogP contribution is 2.17. The molecule has 1 aromatic heterocycles. The number of benzene rings is 1. The van der Waals surface area contributed by atoms with Crippen LogP contribution >= 0.6 is 11.3 Å². The van der Waals surface area contributed by atoms with Crippen molar-refractivity contribution in [3.8, 4) is 0 Å². The first-order chi connectivity index (χ1) is 9.17. The minimum absolute atomic E-state index is 0.198. The zero-order chi connectivity index (χ0) is 13.7. The largest absolute Gasteiger partial charge is 0.360 e. The third-order valence-electron chi connectivity index (χ3n) is 2.54. The van der Waals surface area contributed by atoms with Crippen LogP contribution in [0.25, 0.3) is 0 Å². The Kier molecular flexibility index (Phi) is 4.81. The number of hydrogen-bond acceptors (Lipinski definition) is 5. The molecule has 0 aliphatic rings. The molecule has 2 aromatic rings. The molecule has 0 saturated carbocycles. The maximum atomic E-state index is 13.1. The molecule has 6 heteroatoms. The Bertz CT molecular complexity index is 529. The SMILES string of the molecule is CCNc1nnc(CN(C)Cc2cccc(F)c2)s1. The van der Waals surface area contributed by atoms with Crippen molar-refractivity contribution in [1.82, 2.24) is 15.1 Å². The minimum atomic E-state index is -0.198. The lowest BCUT2D eigenvalue weighted by Gasteiger charge is -2.14. The van der Waals surface area contributed by atoms with Crippen LogP contribution in [0.1, 0.15) is 17.5 Å². The summed E-state index contributed by atoms with van der Waals surface area (Å²) in [7, 11) is 1.99. The molecule has 1 aromatic carbocycles. The third-order valence-corrected chi connectivity index (χ3v) is 3.41. The number of nitrogens with zero attached hydrogens (tertiary/aromatic N) is 3. The fourth-order valence-electron chi connectivity index (χ4n) is 1.77. The molecule has 0 saturated heterocycles. The highest BCUT2D eigenvalue weighted by atomic mass is 32.1. The molecule has 0 atom stereocenters. The average molecular weight is 280 g/mol. The average Bonchev–Trinajstić information content (AvgIpc) is 2.77. The molecule has 0 radical (unpaired) electrons. The molecule has 2 rings (SSSR count). The molecule has 0 fully saturated rings. The van der Waals surface area contributed by atoms with Crippen molar-refractivity contribution in [3.05, 3.63) is 40.7 Å². The summed E-state index contributed by atoms with van der Waals surface area (Å²) >= 11 is 1.55. The van der Waals surface area contributed by atoms with Crippen molar-refractivity contribution in [1.29, 1.82) is 0 Å². The second kappa shape index (κ2) is 6.58. The van der Waals surface area contributed by atoms with Gasteiger partial charge in [0.05, 0.1) is 6.54 Å².